The summed E-state index contributed by atoms with van der Waals surface area (Å²) < 4.78 is 0. The van der Waals surface area contributed by atoms with E-state index >= 15 is 0 Å². The molecule has 2 aliphatic carbocycles. The smallest absolute Gasteiger partial charge is 0.0174 e. The van der Waals surface area contributed by atoms with E-state index in [4.69, 9.17) is 0 Å². The van der Waals surface area contributed by atoms with Crippen molar-refractivity contribution < 1.29 is 0 Å². The van der Waals surface area contributed by atoms with E-state index in [1.54, 1.807) is 0 Å². The molecule has 0 spiro atoms. The normalized spacial score (nSPS) is 48.5. The molecule has 2 bridgehead atoms. The van der Waals surface area contributed by atoms with Gasteiger partial charge in [0.1, 0.15) is 0 Å². The van der Waals surface area contributed by atoms with E-state index < -0.39 is 0 Å². The van der Waals surface area contributed by atoms with Crippen molar-refractivity contribution in [2.75, 3.05) is 0 Å². The third-order valence-corrected chi connectivity index (χ3v) is 3.89. The molecule has 0 N–H and O–H groups in total. The van der Waals surface area contributed by atoms with Crippen molar-refractivity contribution in [3.8, 4) is 0 Å². The SMILES string of the molecule is CC1C2C=CC(C2)C1(C)C. The molecule has 0 nitrogen and oxygen atoms in total. The fourth-order valence-corrected chi connectivity index (χ4v) is 2.54. The van der Waals surface area contributed by atoms with Crippen molar-refractivity contribution in [3.05, 3.63) is 12.2 Å². The number of fused-ring (bicyclic) bond motifs is 2. The molecule has 0 radical (unpaired) electrons. The summed E-state index contributed by atoms with van der Waals surface area (Å²) in [6.45, 7) is 7.21. The lowest BCUT2D eigenvalue weighted by Crippen LogP contribution is -2.25. The molecular weight excluding hydrogens is 120 g/mol. The quantitative estimate of drug-likeness (QED) is 0.449. The molecule has 0 amide bonds. The minimum atomic E-state index is 0.583. The van der Waals surface area contributed by atoms with Crippen LogP contribution in [0.1, 0.15) is 27.2 Å². The molecule has 0 aromatic heterocycles. The van der Waals surface area contributed by atoms with Crippen molar-refractivity contribution in [1.29, 1.82) is 0 Å². The van der Waals surface area contributed by atoms with Crippen LogP contribution in [0.4, 0.5) is 0 Å². The molecule has 0 saturated heterocycles. The van der Waals surface area contributed by atoms with Gasteiger partial charge in [0.25, 0.3) is 0 Å². The van der Waals surface area contributed by atoms with Crippen LogP contribution >= 0.6 is 0 Å². The predicted octanol–water partition coefficient (Wildman–Crippen LogP) is 2.85. The van der Waals surface area contributed by atoms with Gasteiger partial charge in [-0.3, -0.25) is 0 Å². The van der Waals surface area contributed by atoms with Crippen molar-refractivity contribution in [3.63, 3.8) is 0 Å². The Morgan fingerprint density at radius 2 is 2.00 bits per heavy atom. The van der Waals surface area contributed by atoms with Crippen molar-refractivity contribution in [2.45, 2.75) is 27.2 Å². The topological polar surface area (TPSA) is 0 Å². The number of rotatable bonds is 0. The molecular formula is C10H16. The number of hydrogen-bond acceptors (Lipinski definition) is 0. The van der Waals surface area contributed by atoms with E-state index in [1.165, 1.54) is 6.42 Å². The Labute approximate surface area is 63.3 Å². The van der Waals surface area contributed by atoms with Gasteiger partial charge in [0.15, 0.2) is 0 Å². The second-order valence-corrected chi connectivity index (χ2v) is 4.50. The first kappa shape index (κ1) is 6.45. The van der Waals surface area contributed by atoms with Gasteiger partial charge < -0.3 is 0 Å². The average Bonchev–Trinajstić information content (AvgIpc) is 2.37. The van der Waals surface area contributed by atoms with E-state index in [9.17, 15) is 0 Å². The van der Waals surface area contributed by atoms with Crippen LogP contribution in [-0.4, -0.2) is 0 Å². The summed E-state index contributed by atoms with van der Waals surface area (Å²) in [5.74, 6) is 2.69. The standard InChI is InChI=1S/C10H16/c1-7-8-4-5-9(6-8)10(7,2)3/h4-5,7-9H,6H2,1-3H3. The molecule has 1 fully saturated rings. The molecule has 10 heavy (non-hydrogen) atoms. The molecule has 56 valence electrons. The van der Waals surface area contributed by atoms with Crippen LogP contribution in [0.2, 0.25) is 0 Å². The van der Waals surface area contributed by atoms with Crippen LogP contribution in [0.15, 0.2) is 12.2 Å². The second-order valence-electron chi connectivity index (χ2n) is 4.50. The van der Waals surface area contributed by atoms with Gasteiger partial charge in [-0.15, -0.1) is 0 Å². The van der Waals surface area contributed by atoms with Crippen molar-refractivity contribution >= 4 is 0 Å². The van der Waals surface area contributed by atoms with Crippen molar-refractivity contribution in [1.82, 2.24) is 0 Å². The lowest BCUT2D eigenvalue weighted by atomic mass is 9.72. The van der Waals surface area contributed by atoms with Gasteiger partial charge in [0.05, 0.1) is 0 Å². The molecule has 0 aromatic carbocycles. The Morgan fingerprint density at radius 1 is 1.30 bits per heavy atom. The van der Waals surface area contributed by atoms with Gasteiger partial charge in [-0.25, -0.2) is 0 Å². The Balaban J connectivity index is 2.35. The molecule has 0 aliphatic heterocycles. The van der Waals surface area contributed by atoms with Crippen LogP contribution in [0.5, 0.6) is 0 Å². The fraction of sp³-hybridized carbons (Fsp3) is 0.800. The largest absolute Gasteiger partial charge is 0.0848 e. The van der Waals surface area contributed by atoms with E-state index in [-0.39, 0.29) is 0 Å². The molecule has 3 atom stereocenters. The van der Waals surface area contributed by atoms with Crippen LogP contribution in [0, 0.1) is 23.2 Å². The fourth-order valence-electron chi connectivity index (χ4n) is 2.54. The van der Waals surface area contributed by atoms with Gasteiger partial charge in [-0.1, -0.05) is 32.9 Å². The van der Waals surface area contributed by atoms with E-state index in [2.05, 4.69) is 32.9 Å². The molecule has 3 unspecified atom stereocenters. The maximum atomic E-state index is 2.42. The van der Waals surface area contributed by atoms with Crippen LogP contribution in [-0.2, 0) is 0 Å². The summed E-state index contributed by atoms with van der Waals surface area (Å²) in [5.41, 5.74) is 0.583. The average molecular weight is 136 g/mol. The lowest BCUT2D eigenvalue weighted by molar-refractivity contribution is 0.209. The molecule has 0 heteroatoms. The Bertz CT molecular complexity index is 176. The third kappa shape index (κ3) is 0.574. The maximum Gasteiger partial charge on any atom is -0.0174 e. The Kier molecular flexibility index (Phi) is 1.07. The highest BCUT2D eigenvalue weighted by molar-refractivity contribution is 5.15. The highest BCUT2D eigenvalue weighted by Gasteiger charge is 2.47. The van der Waals surface area contributed by atoms with Crippen LogP contribution in [0.3, 0.4) is 0 Å². The minimum Gasteiger partial charge on any atom is -0.0848 e. The second kappa shape index (κ2) is 1.66. The van der Waals surface area contributed by atoms with Gasteiger partial charge in [-0.05, 0) is 29.6 Å². The van der Waals surface area contributed by atoms with Gasteiger partial charge in [0, 0.05) is 0 Å². The van der Waals surface area contributed by atoms with E-state index in [1.807, 2.05) is 0 Å². The molecule has 2 aliphatic rings. The Hall–Kier alpha value is -0.260. The lowest BCUT2D eigenvalue weighted by Gasteiger charge is -2.32. The summed E-state index contributed by atoms with van der Waals surface area (Å²) in [7, 11) is 0. The molecule has 0 aromatic rings. The predicted molar refractivity (Wildman–Crippen MR) is 43.7 cm³/mol. The zero-order chi connectivity index (χ0) is 7.35. The first-order chi connectivity index (χ1) is 4.62. The van der Waals surface area contributed by atoms with Gasteiger partial charge in [-0.2, -0.15) is 0 Å². The molecule has 1 saturated carbocycles. The first-order valence-corrected chi connectivity index (χ1v) is 4.30. The monoisotopic (exact) mass is 136 g/mol. The van der Waals surface area contributed by atoms with E-state index in [0.29, 0.717) is 5.41 Å². The van der Waals surface area contributed by atoms with Crippen LogP contribution in [0.25, 0.3) is 0 Å². The number of allylic oxidation sites excluding steroid dienone is 2. The third-order valence-electron chi connectivity index (χ3n) is 3.89. The summed E-state index contributed by atoms with van der Waals surface area (Å²) in [6, 6.07) is 0. The summed E-state index contributed by atoms with van der Waals surface area (Å²) in [6.07, 6.45) is 6.26. The summed E-state index contributed by atoms with van der Waals surface area (Å²) in [4.78, 5) is 0. The molecule has 0 heterocycles. The summed E-state index contributed by atoms with van der Waals surface area (Å²) in [5, 5.41) is 0. The van der Waals surface area contributed by atoms with Crippen molar-refractivity contribution in [2.24, 2.45) is 23.2 Å². The van der Waals surface area contributed by atoms with Crippen LogP contribution < -0.4 is 0 Å². The van der Waals surface area contributed by atoms with E-state index in [0.717, 1.165) is 17.8 Å². The zero-order valence-corrected chi connectivity index (χ0v) is 7.09. The zero-order valence-electron chi connectivity index (χ0n) is 7.09. The highest BCUT2D eigenvalue weighted by Crippen LogP contribution is 2.55. The first-order valence-electron chi connectivity index (χ1n) is 4.30. The minimum absolute atomic E-state index is 0.583. The maximum absolute atomic E-state index is 2.42. The highest BCUT2D eigenvalue weighted by atomic mass is 14.5. The Morgan fingerprint density at radius 3 is 2.30 bits per heavy atom. The van der Waals surface area contributed by atoms with Gasteiger partial charge in [0.2, 0.25) is 0 Å². The molecule has 2 rings (SSSR count). The number of hydrogen-bond donors (Lipinski definition) is 0. The summed E-state index contributed by atoms with van der Waals surface area (Å²) >= 11 is 0. The van der Waals surface area contributed by atoms with Gasteiger partial charge >= 0.3 is 0 Å².